The van der Waals surface area contributed by atoms with Gasteiger partial charge < -0.3 is 15.0 Å². The molecule has 1 heterocycles. The SMILES string of the molecule is COc1ccc(C)c2c(CC(C)N)c(C)n(C)c12. The highest BCUT2D eigenvalue weighted by Crippen LogP contribution is 2.34. The van der Waals surface area contributed by atoms with Crippen LogP contribution in [0, 0.1) is 13.8 Å². The molecule has 0 amide bonds. The highest BCUT2D eigenvalue weighted by Gasteiger charge is 2.17. The summed E-state index contributed by atoms with van der Waals surface area (Å²) in [7, 11) is 3.81. The smallest absolute Gasteiger partial charge is 0.143 e. The monoisotopic (exact) mass is 246 g/mol. The number of aryl methyl sites for hydroxylation is 2. The molecule has 98 valence electrons. The molecule has 2 aromatic rings. The van der Waals surface area contributed by atoms with Crippen molar-refractivity contribution in [2.75, 3.05) is 7.11 Å². The number of hydrogen-bond donors (Lipinski definition) is 1. The number of benzene rings is 1. The summed E-state index contributed by atoms with van der Waals surface area (Å²) in [5.41, 5.74) is 11.0. The summed E-state index contributed by atoms with van der Waals surface area (Å²) in [6, 6.07) is 4.32. The van der Waals surface area contributed by atoms with Crippen LogP contribution in [0.3, 0.4) is 0 Å². The summed E-state index contributed by atoms with van der Waals surface area (Å²) in [6.07, 6.45) is 0.900. The molecule has 1 aromatic heterocycles. The van der Waals surface area contributed by atoms with E-state index in [9.17, 15) is 0 Å². The van der Waals surface area contributed by atoms with Gasteiger partial charge in [-0.15, -0.1) is 0 Å². The fourth-order valence-corrected chi connectivity index (χ4v) is 2.67. The van der Waals surface area contributed by atoms with E-state index in [1.807, 2.05) is 13.0 Å². The maximum absolute atomic E-state index is 5.97. The van der Waals surface area contributed by atoms with Crippen molar-refractivity contribution in [3.05, 3.63) is 29.0 Å². The quantitative estimate of drug-likeness (QED) is 0.904. The molecule has 0 aliphatic carbocycles. The van der Waals surface area contributed by atoms with Crippen LogP contribution in [-0.2, 0) is 13.5 Å². The number of rotatable bonds is 3. The van der Waals surface area contributed by atoms with E-state index in [0.29, 0.717) is 0 Å². The van der Waals surface area contributed by atoms with Gasteiger partial charge in [-0.3, -0.25) is 0 Å². The summed E-state index contributed by atoms with van der Waals surface area (Å²) in [5.74, 6) is 0.928. The molecule has 2 N–H and O–H groups in total. The Labute approximate surface area is 109 Å². The van der Waals surface area contributed by atoms with E-state index < -0.39 is 0 Å². The van der Waals surface area contributed by atoms with E-state index in [-0.39, 0.29) is 6.04 Å². The molecule has 0 radical (unpaired) electrons. The third-order valence-electron chi connectivity index (χ3n) is 3.67. The molecule has 3 heteroatoms. The Balaban J connectivity index is 2.82. The Kier molecular flexibility index (Phi) is 3.35. The molecule has 0 saturated heterocycles. The molecule has 0 saturated carbocycles. The van der Waals surface area contributed by atoms with Crippen LogP contribution >= 0.6 is 0 Å². The number of aromatic nitrogens is 1. The normalized spacial score (nSPS) is 13.0. The van der Waals surface area contributed by atoms with Crippen molar-refractivity contribution in [1.29, 1.82) is 0 Å². The number of fused-ring (bicyclic) bond motifs is 1. The molecule has 0 fully saturated rings. The van der Waals surface area contributed by atoms with Gasteiger partial charge in [-0.1, -0.05) is 6.07 Å². The van der Waals surface area contributed by atoms with Gasteiger partial charge in [0, 0.05) is 24.2 Å². The number of hydrogen-bond acceptors (Lipinski definition) is 2. The van der Waals surface area contributed by atoms with Gasteiger partial charge >= 0.3 is 0 Å². The van der Waals surface area contributed by atoms with Crippen LogP contribution < -0.4 is 10.5 Å². The highest BCUT2D eigenvalue weighted by molar-refractivity contribution is 5.93. The lowest BCUT2D eigenvalue weighted by Crippen LogP contribution is -2.18. The van der Waals surface area contributed by atoms with E-state index >= 15 is 0 Å². The summed E-state index contributed by atoms with van der Waals surface area (Å²) in [6.45, 7) is 6.34. The van der Waals surface area contributed by atoms with Gasteiger partial charge in [0.2, 0.25) is 0 Å². The van der Waals surface area contributed by atoms with Gasteiger partial charge in [0.1, 0.15) is 5.75 Å². The van der Waals surface area contributed by atoms with Crippen LogP contribution in [0.2, 0.25) is 0 Å². The Morgan fingerprint density at radius 2 is 2.00 bits per heavy atom. The number of nitrogens with two attached hydrogens (primary N) is 1. The summed E-state index contributed by atoms with van der Waals surface area (Å²) < 4.78 is 7.69. The Morgan fingerprint density at radius 3 is 2.56 bits per heavy atom. The van der Waals surface area contributed by atoms with Gasteiger partial charge in [-0.2, -0.15) is 0 Å². The van der Waals surface area contributed by atoms with E-state index in [1.165, 1.54) is 27.7 Å². The molecule has 0 aliphatic rings. The van der Waals surface area contributed by atoms with E-state index in [0.717, 1.165) is 12.2 Å². The third-order valence-corrected chi connectivity index (χ3v) is 3.67. The number of methoxy groups -OCH3 is 1. The van der Waals surface area contributed by atoms with E-state index in [2.05, 4.69) is 31.5 Å². The first-order chi connectivity index (χ1) is 8.47. The maximum Gasteiger partial charge on any atom is 0.143 e. The van der Waals surface area contributed by atoms with Gasteiger partial charge in [0.25, 0.3) is 0 Å². The molecule has 3 nitrogen and oxygen atoms in total. The summed E-state index contributed by atoms with van der Waals surface area (Å²) >= 11 is 0. The predicted molar refractivity (Wildman–Crippen MR) is 76.3 cm³/mol. The van der Waals surface area contributed by atoms with Crippen molar-refractivity contribution in [2.45, 2.75) is 33.2 Å². The third kappa shape index (κ3) is 1.89. The fourth-order valence-electron chi connectivity index (χ4n) is 2.67. The molecule has 1 atom stereocenters. The standard InChI is InChI=1S/C15H22N2O/c1-9-6-7-13(18-5)15-14(9)12(8-10(2)16)11(3)17(15)4/h6-7,10H,8,16H2,1-5H3. The number of nitrogens with zero attached hydrogens (tertiary/aromatic N) is 1. The van der Waals surface area contributed by atoms with Crippen LogP contribution in [0.1, 0.15) is 23.7 Å². The lowest BCUT2D eigenvalue weighted by Gasteiger charge is -2.08. The average Bonchev–Trinajstić information content (AvgIpc) is 2.56. The first kappa shape index (κ1) is 13.0. The van der Waals surface area contributed by atoms with E-state index in [4.69, 9.17) is 10.5 Å². The number of ether oxygens (including phenoxy) is 1. The fraction of sp³-hybridized carbons (Fsp3) is 0.467. The van der Waals surface area contributed by atoms with Crippen molar-refractivity contribution in [3.63, 3.8) is 0 Å². The largest absolute Gasteiger partial charge is 0.495 e. The molecular weight excluding hydrogens is 224 g/mol. The Hall–Kier alpha value is -1.48. The minimum atomic E-state index is 0.167. The zero-order valence-corrected chi connectivity index (χ0v) is 11.9. The Morgan fingerprint density at radius 1 is 1.33 bits per heavy atom. The molecule has 0 spiro atoms. The second-order valence-electron chi connectivity index (χ2n) is 5.11. The van der Waals surface area contributed by atoms with Crippen molar-refractivity contribution >= 4 is 10.9 Å². The van der Waals surface area contributed by atoms with Gasteiger partial charge in [0.15, 0.2) is 0 Å². The zero-order valence-electron chi connectivity index (χ0n) is 11.9. The minimum Gasteiger partial charge on any atom is -0.495 e. The van der Waals surface area contributed by atoms with Crippen molar-refractivity contribution < 1.29 is 4.74 Å². The van der Waals surface area contributed by atoms with Crippen LogP contribution in [0.15, 0.2) is 12.1 Å². The molecule has 1 unspecified atom stereocenters. The van der Waals surface area contributed by atoms with Crippen molar-refractivity contribution in [2.24, 2.45) is 12.8 Å². The van der Waals surface area contributed by atoms with Crippen LogP contribution in [0.5, 0.6) is 5.75 Å². The van der Waals surface area contributed by atoms with Crippen molar-refractivity contribution in [3.8, 4) is 5.75 Å². The van der Waals surface area contributed by atoms with Crippen LogP contribution in [0.25, 0.3) is 10.9 Å². The molecule has 0 bridgehead atoms. The lowest BCUT2D eigenvalue weighted by atomic mass is 10.0. The maximum atomic E-state index is 5.97. The predicted octanol–water partition coefficient (Wildman–Crippen LogP) is 2.69. The van der Waals surface area contributed by atoms with Crippen LogP contribution in [0.4, 0.5) is 0 Å². The van der Waals surface area contributed by atoms with Gasteiger partial charge in [0.05, 0.1) is 12.6 Å². The minimum absolute atomic E-state index is 0.167. The Bertz CT molecular complexity index is 582. The molecule has 1 aromatic carbocycles. The first-order valence-corrected chi connectivity index (χ1v) is 6.34. The first-order valence-electron chi connectivity index (χ1n) is 6.34. The van der Waals surface area contributed by atoms with E-state index in [1.54, 1.807) is 7.11 Å². The lowest BCUT2D eigenvalue weighted by molar-refractivity contribution is 0.417. The summed E-state index contributed by atoms with van der Waals surface area (Å²) in [4.78, 5) is 0. The van der Waals surface area contributed by atoms with Crippen molar-refractivity contribution in [1.82, 2.24) is 4.57 Å². The zero-order chi connectivity index (χ0) is 13.4. The molecule has 2 rings (SSSR count). The highest BCUT2D eigenvalue weighted by atomic mass is 16.5. The van der Waals surface area contributed by atoms with Crippen LogP contribution in [-0.4, -0.2) is 17.7 Å². The topological polar surface area (TPSA) is 40.2 Å². The van der Waals surface area contributed by atoms with Gasteiger partial charge in [-0.25, -0.2) is 0 Å². The summed E-state index contributed by atoms with van der Waals surface area (Å²) in [5, 5.41) is 1.30. The van der Waals surface area contributed by atoms with Gasteiger partial charge in [-0.05, 0) is 44.4 Å². The second-order valence-corrected chi connectivity index (χ2v) is 5.11. The molecular formula is C15H22N2O. The second kappa shape index (κ2) is 4.65. The molecule has 0 aliphatic heterocycles. The molecule has 18 heavy (non-hydrogen) atoms. The average molecular weight is 246 g/mol.